The largest absolute Gasteiger partial charge is 0.467 e. The van der Waals surface area contributed by atoms with Gasteiger partial charge in [0.1, 0.15) is 11.6 Å². The summed E-state index contributed by atoms with van der Waals surface area (Å²) >= 11 is 0. The minimum absolute atomic E-state index is 0.359. The van der Waals surface area contributed by atoms with Crippen molar-refractivity contribution >= 4 is 10.9 Å². The molecular formula is C19H16FN3O3. The number of aryl methyl sites for hydroxylation is 1. The monoisotopic (exact) mass is 353 g/mol. The minimum Gasteiger partial charge on any atom is -0.467 e. The lowest BCUT2D eigenvalue weighted by molar-refractivity contribution is 0.495. The van der Waals surface area contributed by atoms with Crippen molar-refractivity contribution in [2.75, 3.05) is 0 Å². The van der Waals surface area contributed by atoms with E-state index in [0.29, 0.717) is 34.5 Å². The maximum atomic E-state index is 13.4. The van der Waals surface area contributed by atoms with E-state index < -0.39 is 5.69 Å². The Morgan fingerprint density at radius 2 is 1.77 bits per heavy atom. The zero-order chi connectivity index (χ0) is 18.4. The predicted molar refractivity (Wildman–Crippen MR) is 95.6 cm³/mol. The molecule has 0 spiro atoms. The molecule has 0 saturated heterocycles. The highest BCUT2D eigenvalue weighted by atomic mass is 19.1. The lowest BCUT2D eigenvalue weighted by atomic mass is 10.1. The molecule has 1 aromatic carbocycles. The Labute approximate surface area is 147 Å². The van der Waals surface area contributed by atoms with E-state index in [1.807, 2.05) is 10.6 Å². The van der Waals surface area contributed by atoms with Gasteiger partial charge in [0.15, 0.2) is 0 Å². The number of benzene rings is 1. The first kappa shape index (κ1) is 16.1. The van der Waals surface area contributed by atoms with Gasteiger partial charge in [-0.3, -0.25) is 13.9 Å². The van der Waals surface area contributed by atoms with Crippen molar-refractivity contribution in [3.8, 4) is 11.3 Å². The van der Waals surface area contributed by atoms with E-state index in [9.17, 15) is 14.0 Å². The van der Waals surface area contributed by atoms with Crippen molar-refractivity contribution in [1.29, 1.82) is 0 Å². The number of nitrogens with zero attached hydrogens (tertiary/aromatic N) is 3. The van der Waals surface area contributed by atoms with Crippen molar-refractivity contribution in [3.63, 3.8) is 0 Å². The summed E-state index contributed by atoms with van der Waals surface area (Å²) in [6.07, 6.45) is 3.32. The maximum Gasteiger partial charge on any atom is 0.330 e. The van der Waals surface area contributed by atoms with Crippen LogP contribution in [0.2, 0.25) is 0 Å². The van der Waals surface area contributed by atoms with E-state index in [4.69, 9.17) is 4.42 Å². The summed E-state index contributed by atoms with van der Waals surface area (Å²) in [5.74, 6) is 0.345. The molecule has 3 aromatic heterocycles. The van der Waals surface area contributed by atoms with Gasteiger partial charge in [0.25, 0.3) is 5.56 Å². The molecule has 0 aliphatic heterocycles. The summed E-state index contributed by atoms with van der Waals surface area (Å²) < 4.78 is 23.1. The van der Waals surface area contributed by atoms with Crippen LogP contribution in [0.25, 0.3) is 22.2 Å². The second-order valence-corrected chi connectivity index (χ2v) is 6.16. The van der Waals surface area contributed by atoms with Gasteiger partial charge < -0.3 is 8.98 Å². The van der Waals surface area contributed by atoms with Crippen LogP contribution in [-0.2, 0) is 20.6 Å². The second kappa shape index (κ2) is 5.87. The van der Waals surface area contributed by atoms with Gasteiger partial charge in [0, 0.05) is 20.3 Å². The highest BCUT2D eigenvalue weighted by Crippen LogP contribution is 2.29. The molecule has 132 valence electrons. The van der Waals surface area contributed by atoms with Crippen LogP contribution >= 0.6 is 0 Å². The van der Waals surface area contributed by atoms with Gasteiger partial charge in [-0.05, 0) is 42.0 Å². The molecule has 3 heterocycles. The molecule has 4 rings (SSSR count). The number of furan rings is 1. The Balaban J connectivity index is 2.09. The molecule has 0 radical (unpaired) electrons. The molecular weight excluding hydrogens is 337 g/mol. The van der Waals surface area contributed by atoms with E-state index >= 15 is 0 Å². The summed E-state index contributed by atoms with van der Waals surface area (Å²) in [5.41, 5.74) is 1.03. The van der Waals surface area contributed by atoms with Crippen molar-refractivity contribution < 1.29 is 8.81 Å². The van der Waals surface area contributed by atoms with Gasteiger partial charge >= 0.3 is 5.69 Å². The fourth-order valence-corrected chi connectivity index (χ4v) is 3.20. The fourth-order valence-electron chi connectivity index (χ4n) is 3.20. The molecule has 0 aliphatic carbocycles. The molecule has 7 heteroatoms. The van der Waals surface area contributed by atoms with E-state index in [-0.39, 0.29) is 11.4 Å². The first-order valence-electron chi connectivity index (χ1n) is 8.04. The van der Waals surface area contributed by atoms with Gasteiger partial charge in [0.2, 0.25) is 0 Å². The second-order valence-electron chi connectivity index (χ2n) is 6.16. The molecule has 4 aromatic rings. The average molecular weight is 353 g/mol. The zero-order valence-corrected chi connectivity index (χ0v) is 14.3. The Morgan fingerprint density at radius 3 is 2.42 bits per heavy atom. The third kappa shape index (κ3) is 2.40. The van der Waals surface area contributed by atoms with E-state index in [0.717, 1.165) is 4.57 Å². The lowest BCUT2D eigenvalue weighted by Crippen LogP contribution is -2.36. The molecule has 26 heavy (non-hydrogen) atoms. The van der Waals surface area contributed by atoms with E-state index in [1.165, 1.54) is 23.7 Å². The Hall–Kier alpha value is -3.35. The Bertz CT molecular complexity index is 1210. The number of hydrogen-bond donors (Lipinski definition) is 0. The first-order chi connectivity index (χ1) is 12.5. The number of hydrogen-bond acceptors (Lipinski definition) is 3. The molecule has 0 amide bonds. The van der Waals surface area contributed by atoms with Crippen LogP contribution in [0.5, 0.6) is 0 Å². The molecule has 0 N–H and O–H groups in total. The third-order valence-corrected chi connectivity index (χ3v) is 4.54. The third-order valence-electron chi connectivity index (χ3n) is 4.54. The quantitative estimate of drug-likeness (QED) is 0.568. The molecule has 0 saturated carbocycles. The van der Waals surface area contributed by atoms with Crippen molar-refractivity contribution in [3.05, 3.63) is 81.3 Å². The minimum atomic E-state index is -0.400. The van der Waals surface area contributed by atoms with Crippen LogP contribution in [0.4, 0.5) is 4.39 Å². The molecule has 0 unspecified atom stereocenters. The van der Waals surface area contributed by atoms with Gasteiger partial charge in [0.05, 0.1) is 29.4 Å². The molecule has 0 aliphatic rings. The average Bonchev–Trinajstić information content (AvgIpc) is 3.27. The summed E-state index contributed by atoms with van der Waals surface area (Å²) in [5, 5.41) is 0.410. The van der Waals surface area contributed by atoms with Crippen molar-refractivity contribution in [1.82, 2.24) is 13.7 Å². The number of aromatic nitrogens is 3. The SMILES string of the molecule is Cn1c(=O)c2c(-c3ccc(F)cc3)n(Cc3ccco3)cc2n(C)c1=O. The topological polar surface area (TPSA) is 62.1 Å². The molecule has 0 atom stereocenters. The van der Waals surface area contributed by atoms with Crippen LogP contribution in [0.3, 0.4) is 0 Å². The van der Waals surface area contributed by atoms with Crippen LogP contribution < -0.4 is 11.2 Å². The van der Waals surface area contributed by atoms with Crippen LogP contribution in [0, 0.1) is 5.82 Å². The molecule has 0 bridgehead atoms. The van der Waals surface area contributed by atoms with Crippen LogP contribution in [0.15, 0.2) is 62.9 Å². The molecule has 0 fully saturated rings. The van der Waals surface area contributed by atoms with Crippen LogP contribution in [-0.4, -0.2) is 13.7 Å². The maximum absolute atomic E-state index is 13.4. The highest BCUT2D eigenvalue weighted by molar-refractivity contribution is 5.93. The lowest BCUT2D eigenvalue weighted by Gasteiger charge is -2.09. The number of rotatable bonds is 3. The van der Waals surface area contributed by atoms with Crippen molar-refractivity contribution in [2.45, 2.75) is 6.54 Å². The van der Waals surface area contributed by atoms with Gasteiger partial charge in [-0.15, -0.1) is 0 Å². The van der Waals surface area contributed by atoms with E-state index in [2.05, 4.69) is 0 Å². The summed E-state index contributed by atoms with van der Waals surface area (Å²) in [7, 11) is 3.07. The normalized spacial score (nSPS) is 11.3. The Morgan fingerprint density at radius 1 is 1.04 bits per heavy atom. The summed E-state index contributed by atoms with van der Waals surface area (Å²) in [4.78, 5) is 25.1. The zero-order valence-electron chi connectivity index (χ0n) is 14.3. The summed E-state index contributed by atoms with van der Waals surface area (Å²) in [6, 6.07) is 9.54. The fraction of sp³-hybridized carbons (Fsp3) is 0.158. The number of fused-ring (bicyclic) bond motifs is 1. The first-order valence-corrected chi connectivity index (χ1v) is 8.04. The van der Waals surface area contributed by atoms with E-state index in [1.54, 1.807) is 37.7 Å². The highest BCUT2D eigenvalue weighted by Gasteiger charge is 2.19. The van der Waals surface area contributed by atoms with Gasteiger partial charge in [-0.1, -0.05) is 0 Å². The number of halogens is 1. The standard InChI is InChI=1S/C19H16FN3O3/c1-21-15-11-23(10-14-4-3-9-26-14)17(12-5-7-13(20)8-6-12)16(15)18(24)22(2)19(21)25/h3-9,11H,10H2,1-2H3. The van der Waals surface area contributed by atoms with Gasteiger partial charge in [-0.25, -0.2) is 9.18 Å². The molecule has 6 nitrogen and oxygen atoms in total. The van der Waals surface area contributed by atoms with Crippen molar-refractivity contribution in [2.24, 2.45) is 14.1 Å². The summed E-state index contributed by atoms with van der Waals surface area (Å²) in [6.45, 7) is 0.381. The Kier molecular flexibility index (Phi) is 3.64. The van der Waals surface area contributed by atoms with Gasteiger partial charge in [-0.2, -0.15) is 0 Å². The smallest absolute Gasteiger partial charge is 0.330 e. The predicted octanol–water partition coefficient (Wildman–Crippen LogP) is 2.49. The van der Waals surface area contributed by atoms with Crippen LogP contribution in [0.1, 0.15) is 5.76 Å².